The SMILES string of the molecule is CC(C)=CCC/C(C)=C/CC/C(C)=C/CC/C(C)=C/CC/C(C)=C/CC/C(C)=C/CC/C(C)=C/C=O. The zero-order valence-corrected chi connectivity index (χ0v) is 25.0. The third-order valence-corrected chi connectivity index (χ3v) is 6.60. The van der Waals surface area contributed by atoms with Crippen molar-refractivity contribution in [3.63, 3.8) is 0 Å². The number of aldehydes is 1. The molecule has 1 heteroatoms. The van der Waals surface area contributed by atoms with Crippen LogP contribution in [0.5, 0.6) is 0 Å². The summed E-state index contributed by atoms with van der Waals surface area (Å²) in [7, 11) is 0. The number of hydrogen-bond acceptors (Lipinski definition) is 1. The third kappa shape index (κ3) is 22.3. The van der Waals surface area contributed by atoms with E-state index in [1.807, 2.05) is 6.92 Å². The Bertz CT molecular complexity index is 832. The molecule has 0 aromatic rings. The molecule has 0 saturated heterocycles. The molecule has 0 fully saturated rings. The quantitative estimate of drug-likeness (QED) is 0.0995. The summed E-state index contributed by atoms with van der Waals surface area (Å²) in [6, 6.07) is 0. The van der Waals surface area contributed by atoms with Crippen LogP contribution in [0.2, 0.25) is 0 Å². The van der Waals surface area contributed by atoms with Gasteiger partial charge in [-0.1, -0.05) is 75.5 Å². The number of hydrogen-bond donors (Lipinski definition) is 0. The highest BCUT2D eigenvalue weighted by Gasteiger charge is 1.96. The van der Waals surface area contributed by atoms with Crippen LogP contribution in [-0.4, -0.2) is 6.29 Å². The zero-order chi connectivity index (χ0) is 27.2. The Morgan fingerprint density at radius 3 is 0.889 bits per heavy atom. The van der Waals surface area contributed by atoms with Crippen LogP contribution in [0, 0.1) is 0 Å². The molecule has 0 amide bonds. The lowest BCUT2D eigenvalue weighted by Gasteiger charge is -2.04. The number of rotatable bonds is 19. The maximum atomic E-state index is 10.5. The fourth-order valence-electron chi connectivity index (χ4n) is 4.03. The van der Waals surface area contributed by atoms with Crippen LogP contribution in [0.3, 0.4) is 0 Å². The summed E-state index contributed by atoms with van der Waals surface area (Å²) in [6.45, 7) is 17.7. The monoisotopic (exact) mass is 492 g/mol. The maximum absolute atomic E-state index is 10.5. The van der Waals surface area contributed by atoms with Crippen molar-refractivity contribution in [1.82, 2.24) is 0 Å². The highest BCUT2D eigenvalue weighted by Crippen LogP contribution is 2.16. The van der Waals surface area contributed by atoms with Crippen molar-refractivity contribution in [2.75, 3.05) is 0 Å². The summed E-state index contributed by atoms with van der Waals surface area (Å²) in [5.74, 6) is 0. The summed E-state index contributed by atoms with van der Waals surface area (Å²) >= 11 is 0. The van der Waals surface area contributed by atoms with Gasteiger partial charge in [0.25, 0.3) is 0 Å². The third-order valence-electron chi connectivity index (χ3n) is 6.60. The van der Waals surface area contributed by atoms with Crippen molar-refractivity contribution in [1.29, 1.82) is 0 Å². The summed E-state index contributed by atoms with van der Waals surface area (Å²) in [5, 5.41) is 0. The van der Waals surface area contributed by atoms with Crippen molar-refractivity contribution in [3.05, 3.63) is 81.5 Å². The summed E-state index contributed by atoms with van der Waals surface area (Å²) in [5.41, 5.74) is 10.1. The first-order chi connectivity index (χ1) is 17.1. The highest BCUT2D eigenvalue weighted by atomic mass is 16.1. The molecule has 202 valence electrons. The minimum Gasteiger partial charge on any atom is -0.299 e. The predicted octanol–water partition coefficient (Wildman–Crippen LogP) is 11.5. The molecule has 36 heavy (non-hydrogen) atoms. The first kappa shape index (κ1) is 33.8. The van der Waals surface area contributed by atoms with E-state index >= 15 is 0 Å². The van der Waals surface area contributed by atoms with Gasteiger partial charge in [0.1, 0.15) is 6.29 Å². The topological polar surface area (TPSA) is 17.1 Å². The van der Waals surface area contributed by atoms with Gasteiger partial charge in [0.05, 0.1) is 0 Å². The van der Waals surface area contributed by atoms with E-state index in [1.165, 1.54) is 59.1 Å². The molecule has 0 aliphatic carbocycles. The zero-order valence-electron chi connectivity index (χ0n) is 25.0. The van der Waals surface area contributed by atoms with Crippen LogP contribution in [0.15, 0.2) is 81.5 Å². The van der Waals surface area contributed by atoms with E-state index in [2.05, 4.69) is 84.9 Å². The van der Waals surface area contributed by atoms with Gasteiger partial charge in [-0.15, -0.1) is 0 Å². The fourth-order valence-corrected chi connectivity index (χ4v) is 4.03. The Morgan fingerprint density at radius 2 is 0.639 bits per heavy atom. The lowest BCUT2D eigenvalue weighted by molar-refractivity contribution is -0.104. The van der Waals surface area contributed by atoms with E-state index in [1.54, 1.807) is 6.08 Å². The van der Waals surface area contributed by atoms with Gasteiger partial charge in [0.15, 0.2) is 0 Å². The maximum Gasteiger partial charge on any atom is 0.142 e. The second-order valence-corrected chi connectivity index (χ2v) is 10.9. The minimum atomic E-state index is 0.879. The summed E-state index contributed by atoms with van der Waals surface area (Å²) < 4.78 is 0. The predicted molar refractivity (Wildman–Crippen MR) is 163 cm³/mol. The van der Waals surface area contributed by atoms with E-state index in [9.17, 15) is 4.79 Å². The Labute approximate surface area is 224 Å². The molecule has 0 spiro atoms. The molecule has 0 aliphatic rings. The number of allylic oxidation sites excluding steroid dienone is 14. The van der Waals surface area contributed by atoms with Crippen molar-refractivity contribution in [2.24, 2.45) is 0 Å². The highest BCUT2D eigenvalue weighted by molar-refractivity contribution is 5.65. The second-order valence-electron chi connectivity index (χ2n) is 10.9. The van der Waals surface area contributed by atoms with Gasteiger partial charge in [0.2, 0.25) is 0 Å². The van der Waals surface area contributed by atoms with Gasteiger partial charge in [0, 0.05) is 0 Å². The van der Waals surface area contributed by atoms with Crippen LogP contribution in [0.25, 0.3) is 0 Å². The molecule has 0 atom stereocenters. The van der Waals surface area contributed by atoms with Gasteiger partial charge in [-0.25, -0.2) is 0 Å². The molecule has 0 aliphatic heterocycles. The number of carbonyl (C=O) groups excluding carboxylic acids is 1. The molecular formula is C35H56O. The van der Waals surface area contributed by atoms with Gasteiger partial charge in [-0.3, -0.25) is 4.79 Å². The fraction of sp³-hybridized carbons (Fsp3) is 0.571. The molecule has 0 saturated carbocycles. The molecule has 0 unspecified atom stereocenters. The van der Waals surface area contributed by atoms with Gasteiger partial charge >= 0.3 is 0 Å². The van der Waals surface area contributed by atoms with Crippen molar-refractivity contribution in [3.8, 4) is 0 Å². The lowest BCUT2D eigenvalue weighted by atomic mass is 10.0. The molecule has 0 N–H and O–H groups in total. The molecule has 0 aromatic heterocycles. The van der Waals surface area contributed by atoms with Crippen LogP contribution in [0.1, 0.15) is 132 Å². The van der Waals surface area contributed by atoms with E-state index in [-0.39, 0.29) is 0 Å². The molecule has 0 heterocycles. The molecule has 0 aromatic carbocycles. The smallest absolute Gasteiger partial charge is 0.142 e. The molecule has 1 nitrogen and oxygen atoms in total. The lowest BCUT2D eigenvalue weighted by Crippen LogP contribution is -1.83. The van der Waals surface area contributed by atoms with Gasteiger partial charge in [-0.05, 0) is 139 Å². The van der Waals surface area contributed by atoms with Gasteiger partial charge < -0.3 is 0 Å². The first-order valence-electron chi connectivity index (χ1n) is 14.2. The van der Waals surface area contributed by atoms with Crippen LogP contribution in [-0.2, 0) is 4.79 Å². The van der Waals surface area contributed by atoms with Crippen molar-refractivity contribution >= 4 is 6.29 Å². The second kappa shape index (κ2) is 22.1. The standard InChI is InChI=1S/C35H56O/c1-29(2)15-9-16-30(3)17-10-18-31(4)19-11-20-32(5)21-12-22-33(6)23-13-24-34(7)25-14-26-35(8)27-28-36/h15,17,19,21,23,25,27-28H,9-14,16,18,20,22,24,26H2,1-8H3/b30-17+,31-19+,32-21+,33-23+,34-25+,35-27+. The van der Waals surface area contributed by atoms with E-state index in [4.69, 9.17) is 0 Å². The average Bonchev–Trinajstić information content (AvgIpc) is 2.79. The Balaban J connectivity index is 4.15. The Kier molecular flexibility index (Phi) is 20.8. The van der Waals surface area contributed by atoms with E-state index in [0.29, 0.717) is 0 Å². The number of carbonyl (C=O) groups is 1. The average molecular weight is 493 g/mol. The van der Waals surface area contributed by atoms with Crippen molar-refractivity contribution in [2.45, 2.75) is 132 Å². The van der Waals surface area contributed by atoms with E-state index < -0.39 is 0 Å². The molecule has 0 radical (unpaired) electrons. The van der Waals surface area contributed by atoms with Crippen LogP contribution < -0.4 is 0 Å². The molecular weight excluding hydrogens is 436 g/mol. The summed E-state index contributed by atoms with van der Waals surface area (Å²) in [4.78, 5) is 10.5. The van der Waals surface area contributed by atoms with E-state index in [0.717, 1.165) is 63.2 Å². The van der Waals surface area contributed by atoms with Crippen LogP contribution in [0.4, 0.5) is 0 Å². The molecule has 0 rings (SSSR count). The normalized spacial score (nSPS) is 14.3. The van der Waals surface area contributed by atoms with Crippen molar-refractivity contribution < 1.29 is 4.79 Å². The van der Waals surface area contributed by atoms with Gasteiger partial charge in [-0.2, -0.15) is 0 Å². The Hall–Kier alpha value is -2.15. The van der Waals surface area contributed by atoms with Crippen LogP contribution >= 0.6 is 0 Å². The Morgan fingerprint density at radius 1 is 0.389 bits per heavy atom. The first-order valence-corrected chi connectivity index (χ1v) is 14.2. The minimum absolute atomic E-state index is 0.879. The summed E-state index contributed by atoms with van der Waals surface area (Å²) in [6.07, 6.45) is 30.4. The largest absolute Gasteiger partial charge is 0.299 e. The molecule has 0 bridgehead atoms.